The fraction of sp³-hybridized carbons (Fsp3) is 0.429. The molecule has 2 rings (SSSR count). The maximum absolute atomic E-state index is 2.49. The molecular formula is C14H20Si. The van der Waals surface area contributed by atoms with Crippen LogP contribution >= 0.6 is 0 Å². The lowest BCUT2D eigenvalue weighted by atomic mass is 10.2. The maximum Gasteiger partial charge on any atom is 0.103 e. The molecular weight excluding hydrogens is 196 g/mol. The smallest absolute Gasteiger partial charge is 0.0809 e. The van der Waals surface area contributed by atoms with Crippen LogP contribution in [-0.4, -0.2) is 8.07 Å². The Kier molecular flexibility index (Phi) is 2.83. The summed E-state index contributed by atoms with van der Waals surface area (Å²) >= 11 is 0. The van der Waals surface area contributed by atoms with E-state index in [1.807, 2.05) is 0 Å². The first-order valence-electron chi connectivity index (χ1n) is 5.91. The van der Waals surface area contributed by atoms with Crippen LogP contribution in [0.25, 0.3) is 0 Å². The first-order chi connectivity index (χ1) is 7.14. The van der Waals surface area contributed by atoms with Crippen molar-refractivity contribution < 1.29 is 0 Å². The molecule has 0 N–H and O–H groups in total. The predicted octanol–water partition coefficient (Wildman–Crippen LogP) is 4.33. The Morgan fingerprint density at radius 2 is 2.00 bits per heavy atom. The van der Waals surface area contributed by atoms with E-state index in [2.05, 4.69) is 50.4 Å². The summed E-state index contributed by atoms with van der Waals surface area (Å²) < 4.78 is 0. The lowest BCUT2D eigenvalue weighted by Crippen LogP contribution is -2.31. The van der Waals surface area contributed by atoms with E-state index in [-0.39, 0.29) is 0 Å². The van der Waals surface area contributed by atoms with E-state index in [1.165, 1.54) is 24.8 Å². The normalized spacial score (nSPS) is 20.3. The quantitative estimate of drug-likeness (QED) is 0.616. The lowest BCUT2D eigenvalue weighted by Gasteiger charge is -2.26. The van der Waals surface area contributed by atoms with E-state index in [9.17, 15) is 0 Å². The summed E-state index contributed by atoms with van der Waals surface area (Å²) in [6.07, 6.45) is 15.3. The Hall–Kier alpha value is -0.823. The van der Waals surface area contributed by atoms with Crippen molar-refractivity contribution in [2.75, 3.05) is 0 Å². The van der Waals surface area contributed by atoms with Gasteiger partial charge >= 0.3 is 0 Å². The van der Waals surface area contributed by atoms with Gasteiger partial charge in [0.15, 0.2) is 0 Å². The summed E-state index contributed by atoms with van der Waals surface area (Å²) in [5, 5.41) is 3.41. The highest BCUT2D eigenvalue weighted by atomic mass is 28.3. The van der Waals surface area contributed by atoms with Crippen molar-refractivity contribution in [3.63, 3.8) is 0 Å². The molecule has 0 spiro atoms. The molecule has 1 heteroatoms. The zero-order valence-corrected chi connectivity index (χ0v) is 11.0. The minimum atomic E-state index is -1.29. The SMILES string of the molecule is CCC1=CCC([Si](C)(C)C2=CC=CC2)=C1. The molecule has 0 nitrogen and oxygen atoms in total. The van der Waals surface area contributed by atoms with Gasteiger partial charge in [-0.1, -0.05) is 66.4 Å². The van der Waals surface area contributed by atoms with Gasteiger partial charge in [0.05, 0.1) is 0 Å². The molecule has 0 amide bonds. The topological polar surface area (TPSA) is 0 Å². The molecule has 15 heavy (non-hydrogen) atoms. The van der Waals surface area contributed by atoms with Gasteiger partial charge in [0.1, 0.15) is 8.07 Å². The molecule has 0 unspecified atom stereocenters. The van der Waals surface area contributed by atoms with Gasteiger partial charge in [0.2, 0.25) is 0 Å². The highest BCUT2D eigenvalue weighted by Gasteiger charge is 2.31. The summed E-state index contributed by atoms with van der Waals surface area (Å²) in [5.74, 6) is 0. The van der Waals surface area contributed by atoms with E-state index in [0.717, 1.165) is 0 Å². The first-order valence-corrected chi connectivity index (χ1v) is 8.91. The van der Waals surface area contributed by atoms with Crippen LogP contribution in [0.3, 0.4) is 0 Å². The van der Waals surface area contributed by atoms with Crippen LogP contribution in [0, 0.1) is 0 Å². The van der Waals surface area contributed by atoms with Crippen molar-refractivity contribution >= 4 is 8.07 Å². The maximum atomic E-state index is 2.49. The summed E-state index contributed by atoms with van der Waals surface area (Å²) in [4.78, 5) is 0. The Morgan fingerprint density at radius 3 is 2.53 bits per heavy atom. The van der Waals surface area contributed by atoms with Crippen LogP contribution < -0.4 is 0 Å². The van der Waals surface area contributed by atoms with Crippen molar-refractivity contribution in [3.05, 3.63) is 46.3 Å². The Labute approximate surface area is 94.1 Å². The molecule has 2 aliphatic rings. The third-order valence-electron chi connectivity index (χ3n) is 3.73. The molecule has 0 bridgehead atoms. The summed E-state index contributed by atoms with van der Waals surface area (Å²) in [6.45, 7) is 7.23. The van der Waals surface area contributed by atoms with E-state index in [0.29, 0.717) is 0 Å². The largest absolute Gasteiger partial charge is 0.103 e. The Bertz CT molecular complexity index is 378. The van der Waals surface area contributed by atoms with E-state index in [4.69, 9.17) is 0 Å². The molecule has 0 saturated heterocycles. The Balaban J connectivity index is 2.18. The van der Waals surface area contributed by atoms with Gasteiger partial charge in [0.25, 0.3) is 0 Å². The average molecular weight is 216 g/mol. The van der Waals surface area contributed by atoms with Crippen molar-refractivity contribution in [3.8, 4) is 0 Å². The highest BCUT2D eigenvalue weighted by Crippen LogP contribution is 2.35. The average Bonchev–Trinajstić information content (AvgIpc) is 2.89. The number of allylic oxidation sites excluding steroid dienone is 8. The molecule has 0 aromatic carbocycles. The number of rotatable bonds is 3. The van der Waals surface area contributed by atoms with Crippen LogP contribution in [0.2, 0.25) is 13.1 Å². The van der Waals surface area contributed by atoms with Crippen LogP contribution in [0.5, 0.6) is 0 Å². The second kappa shape index (κ2) is 3.97. The molecule has 0 aromatic heterocycles. The highest BCUT2D eigenvalue weighted by molar-refractivity contribution is 6.90. The summed E-state index contributed by atoms with van der Waals surface area (Å²) in [6, 6.07) is 0. The van der Waals surface area contributed by atoms with Gasteiger partial charge in [-0.2, -0.15) is 0 Å². The molecule has 80 valence electrons. The molecule has 0 saturated carbocycles. The predicted molar refractivity (Wildman–Crippen MR) is 70.4 cm³/mol. The summed E-state index contributed by atoms with van der Waals surface area (Å²) in [7, 11) is -1.29. The molecule has 0 fully saturated rings. The van der Waals surface area contributed by atoms with Crippen molar-refractivity contribution in [2.24, 2.45) is 0 Å². The molecule has 0 heterocycles. The third-order valence-corrected chi connectivity index (χ3v) is 7.66. The standard InChI is InChI=1S/C14H20Si/c1-4-12-9-10-14(11-12)15(2,3)13-7-5-6-8-13/h5-7,9,11H,4,8,10H2,1-3H3. The van der Waals surface area contributed by atoms with Crippen LogP contribution in [0.15, 0.2) is 46.3 Å². The lowest BCUT2D eigenvalue weighted by molar-refractivity contribution is 1.15. The molecule has 2 aliphatic carbocycles. The van der Waals surface area contributed by atoms with E-state index >= 15 is 0 Å². The van der Waals surface area contributed by atoms with Crippen molar-refractivity contribution in [1.82, 2.24) is 0 Å². The zero-order chi connectivity index (χ0) is 10.9. The monoisotopic (exact) mass is 216 g/mol. The van der Waals surface area contributed by atoms with Gasteiger partial charge in [-0.05, 0) is 19.3 Å². The van der Waals surface area contributed by atoms with Crippen LogP contribution in [0.1, 0.15) is 26.2 Å². The second-order valence-corrected chi connectivity index (χ2v) is 9.49. The van der Waals surface area contributed by atoms with Gasteiger partial charge < -0.3 is 0 Å². The second-order valence-electron chi connectivity index (χ2n) is 4.96. The van der Waals surface area contributed by atoms with Crippen molar-refractivity contribution in [2.45, 2.75) is 39.3 Å². The number of hydrogen-bond acceptors (Lipinski definition) is 0. The fourth-order valence-electron chi connectivity index (χ4n) is 2.38. The van der Waals surface area contributed by atoms with Crippen LogP contribution in [-0.2, 0) is 0 Å². The van der Waals surface area contributed by atoms with E-state index in [1.54, 1.807) is 10.4 Å². The molecule has 0 aliphatic heterocycles. The van der Waals surface area contributed by atoms with Gasteiger partial charge in [-0.3, -0.25) is 0 Å². The number of hydrogen-bond donors (Lipinski definition) is 0. The minimum absolute atomic E-state index is 1.19. The molecule has 0 radical (unpaired) electrons. The van der Waals surface area contributed by atoms with Crippen LogP contribution in [0.4, 0.5) is 0 Å². The Morgan fingerprint density at radius 1 is 1.20 bits per heavy atom. The molecule has 0 aromatic rings. The van der Waals surface area contributed by atoms with Gasteiger partial charge in [-0.15, -0.1) is 0 Å². The minimum Gasteiger partial charge on any atom is -0.0809 e. The van der Waals surface area contributed by atoms with Gasteiger partial charge in [0, 0.05) is 0 Å². The molecule has 0 atom stereocenters. The summed E-state index contributed by atoms with van der Waals surface area (Å²) in [5.41, 5.74) is 1.54. The zero-order valence-electron chi connectivity index (χ0n) is 10.0. The van der Waals surface area contributed by atoms with E-state index < -0.39 is 8.07 Å². The van der Waals surface area contributed by atoms with Gasteiger partial charge in [-0.25, -0.2) is 0 Å². The first kappa shape index (κ1) is 10.7. The third kappa shape index (κ3) is 1.93. The van der Waals surface area contributed by atoms with Crippen molar-refractivity contribution in [1.29, 1.82) is 0 Å². The fourth-order valence-corrected chi connectivity index (χ4v) is 5.09.